The van der Waals surface area contributed by atoms with Gasteiger partial charge in [-0.15, -0.1) is 10.2 Å². The molecule has 0 aliphatic carbocycles. The Balaban J connectivity index is 1.94. The molecule has 7 nitrogen and oxygen atoms in total. The molecule has 0 aliphatic heterocycles. The quantitative estimate of drug-likeness (QED) is 0.743. The first-order valence-corrected chi connectivity index (χ1v) is 6.29. The normalized spacial score (nSPS) is 14.0. The minimum atomic E-state index is -1.29. The second-order valence-electron chi connectivity index (χ2n) is 4.77. The van der Waals surface area contributed by atoms with Crippen molar-refractivity contribution < 1.29 is 9.50 Å². The maximum absolute atomic E-state index is 13.1. The van der Waals surface area contributed by atoms with E-state index in [-0.39, 0.29) is 18.9 Å². The first-order valence-electron chi connectivity index (χ1n) is 6.29. The molecule has 1 aromatic carbocycles. The van der Waals surface area contributed by atoms with Gasteiger partial charge in [0, 0.05) is 0 Å². The highest BCUT2D eigenvalue weighted by molar-refractivity contribution is 5.23. The molecule has 108 valence electrons. The summed E-state index contributed by atoms with van der Waals surface area (Å²) in [5.74, 6) is -0.355. The molecule has 0 fully saturated rings. The van der Waals surface area contributed by atoms with Crippen molar-refractivity contribution in [2.45, 2.75) is 18.7 Å². The van der Waals surface area contributed by atoms with Crippen molar-refractivity contribution in [2.24, 2.45) is 0 Å². The Morgan fingerprint density at radius 3 is 2.38 bits per heavy atom. The molecule has 8 heteroatoms. The van der Waals surface area contributed by atoms with Crippen LogP contribution in [0.1, 0.15) is 5.56 Å². The monoisotopic (exact) mass is 288 g/mol. The number of rotatable bonds is 5. The lowest BCUT2D eigenvalue weighted by Gasteiger charge is -2.28. The van der Waals surface area contributed by atoms with Gasteiger partial charge in [-0.25, -0.2) is 14.1 Å². The molecule has 0 saturated carbocycles. The fourth-order valence-corrected chi connectivity index (χ4v) is 2.18. The number of aromatic nitrogens is 6. The van der Waals surface area contributed by atoms with Gasteiger partial charge in [-0.1, -0.05) is 12.1 Å². The van der Waals surface area contributed by atoms with Gasteiger partial charge in [0.1, 0.15) is 36.7 Å². The standard InChI is InChI=1S/C13H13FN6O/c14-12-3-1-11(2-4-12)13(21,5-19-9-16-17-10-19)6-20-8-15-7-18-20/h1-4,7-10,21H,5-6H2. The number of hydrogen-bond donors (Lipinski definition) is 1. The molecule has 3 rings (SSSR count). The van der Waals surface area contributed by atoms with Crippen molar-refractivity contribution in [3.63, 3.8) is 0 Å². The van der Waals surface area contributed by atoms with Gasteiger partial charge in [0.15, 0.2) is 0 Å². The summed E-state index contributed by atoms with van der Waals surface area (Å²) in [4.78, 5) is 3.86. The fourth-order valence-electron chi connectivity index (χ4n) is 2.18. The fraction of sp³-hybridized carbons (Fsp3) is 0.231. The van der Waals surface area contributed by atoms with Crippen molar-refractivity contribution in [3.05, 3.63) is 61.0 Å². The van der Waals surface area contributed by atoms with E-state index in [0.717, 1.165) is 0 Å². The van der Waals surface area contributed by atoms with E-state index in [1.165, 1.54) is 42.1 Å². The minimum absolute atomic E-state index is 0.177. The molecule has 3 aromatic rings. The van der Waals surface area contributed by atoms with E-state index >= 15 is 0 Å². The Hall–Kier alpha value is -2.61. The predicted octanol–water partition coefficient (Wildman–Crippen LogP) is 0.597. The van der Waals surface area contributed by atoms with Crippen LogP contribution in [0.2, 0.25) is 0 Å². The van der Waals surface area contributed by atoms with E-state index in [1.54, 1.807) is 16.7 Å². The highest BCUT2D eigenvalue weighted by Gasteiger charge is 2.31. The van der Waals surface area contributed by atoms with Gasteiger partial charge in [-0.05, 0) is 17.7 Å². The zero-order valence-electron chi connectivity index (χ0n) is 11.0. The summed E-state index contributed by atoms with van der Waals surface area (Å²) in [6.07, 6.45) is 5.93. The van der Waals surface area contributed by atoms with Crippen LogP contribution in [-0.4, -0.2) is 34.6 Å². The van der Waals surface area contributed by atoms with E-state index in [9.17, 15) is 9.50 Å². The summed E-state index contributed by atoms with van der Waals surface area (Å²) in [5, 5.41) is 22.5. The third kappa shape index (κ3) is 2.95. The summed E-state index contributed by atoms with van der Waals surface area (Å²) < 4.78 is 16.3. The van der Waals surface area contributed by atoms with Gasteiger partial charge in [0.2, 0.25) is 0 Å². The van der Waals surface area contributed by atoms with Crippen LogP contribution in [0.25, 0.3) is 0 Å². The molecule has 0 bridgehead atoms. The molecule has 0 radical (unpaired) electrons. The molecule has 1 unspecified atom stereocenters. The Labute approximate surface area is 119 Å². The van der Waals surface area contributed by atoms with Crippen molar-refractivity contribution >= 4 is 0 Å². The van der Waals surface area contributed by atoms with Crippen LogP contribution in [0, 0.1) is 5.82 Å². The van der Waals surface area contributed by atoms with E-state index in [4.69, 9.17) is 0 Å². The molecule has 21 heavy (non-hydrogen) atoms. The molecule has 1 atom stereocenters. The third-order valence-corrected chi connectivity index (χ3v) is 3.18. The third-order valence-electron chi connectivity index (χ3n) is 3.18. The van der Waals surface area contributed by atoms with Crippen molar-refractivity contribution in [1.82, 2.24) is 29.5 Å². The number of benzene rings is 1. The number of aliphatic hydroxyl groups is 1. The van der Waals surface area contributed by atoms with Crippen LogP contribution in [-0.2, 0) is 18.7 Å². The van der Waals surface area contributed by atoms with Crippen molar-refractivity contribution in [1.29, 1.82) is 0 Å². The lowest BCUT2D eigenvalue weighted by atomic mass is 9.93. The zero-order chi connectivity index (χ0) is 14.7. The number of nitrogens with zero attached hydrogens (tertiary/aromatic N) is 6. The van der Waals surface area contributed by atoms with Gasteiger partial charge in [0.25, 0.3) is 0 Å². The lowest BCUT2D eigenvalue weighted by molar-refractivity contribution is -0.00240. The van der Waals surface area contributed by atoms with Crippen LogP contribution < -0.4 is 0 Å². The largest absolute Gasteiger partial charge is 0.381 e. The Morgan fingerprint density at radius 2 is 1.76 bits per heavy atom. The van der Waals surface area contributed by atoms with E-state index in [0.29, 0.717) is 5.56 Å². The first-order chi connectivity index (χ1) is 10.2. The summed E-state index contributed by atoms with van der Waals surface area (Å²) >= 11 is 0. The van der Waals surface area contributed by atoms with Gasteiger partial charge in [0.05, 0.1) is 13.1 Å². The molecular weight excluding hydrogens is 275 g/mol. The maximum atomic E-state index is 13.1. The molecule has 0 saturated heterocycles. The molecule has 0 aliphatic rings. The van der Waals surface area contributed by atoms with Crippen LogP contribution >= 0.6 is 0 Å². The van der Waals surface area contributed by atoms with Crippen LogP contribution in [0.5, 0.6) is 0 Å². The van der Waals surface area contributed by atoms with Gasteiger partial charge in [-0.2, -0.15) is 5.10 Å². The SMILES string of the molecule is OC(Cn1cnnc1)(Cn1cncn1)c1ccc(F)cc1. The van der Waals surface area contributed by atoms with Gasteiger partial charge in [-0.3, -0.25) is 0 Å². The van der Waals surface area contributed by atoms with Crippen molar-refractivity contribution in [2.75, 3.05) is 0 Å². The Kier molecular flexibility index (Phi) is 3.44. The van der Waals surface area contributed by atoms with Crippen molar-refractivity contribution in [3.8, 4) is 0 Å². The topological polar surface area (TPSA) is 81.6 Å². The number of halogens is 1. The molecule has 2 heterocycles. The van der Waals surface area contributed by atoms with Gasteiger partial charge < -0.3 is 9.67 Å². The minimum Gasteiger partial charge on any atom is -0.381 e. The smallest absolute Gasteiger partial charge is 0.137 e. The van der Waals surface area contributed by atoms with E-state index < -0.39 is 5.60 Å². The maximum Gasteiger partial charge on any atom is 0.137 e. The zero-order valence-corrected chi connectivity index (χ0v) is 11.0. The summed E-state index contributed by atoms with van der Waals surface area (Å²) in [7, 11) is 0. The average molecular weight is 288 g/mol. The Morgan fingerprint density at radius 1 is 1.05 bits per heavy atom. The first kappa shape index (κ1) is 13.4. The highest BCUT2D eigenvalue weighted by Crippen LogP contribution is 2.25. The van der Waals surface area contributed by atoms with E-state index in [2.05, 4.69) is 20.3 Å². The van der Waals surface area contributed by atoms with Crippen LogP contribution in [0.4, 0.5) is 4.39 Å². The molecule has 0 amide bonds. The highest BCUT2D eigenvalue weighted by atomic mass is 19.1. The molecule has 1 N–H and O–H groups in total. The molecule has 2 aromatic heterocycles. The van der Waals surface area contributed by atoms with Crippen LogP contribution in [0.3, 0.4) is 0 Å². The summed E-state index contributed by atoms with van der Waals surface area (Å²) in [6, 6.07) is 5.73. The second-order valence-corrected chi connectivity index (χ2v) is 4.77. The van der Waals surface area contributed by atoms with E-state index in [1.807, 2.05) is 0 Å². The van der Waals surface area contributed by atoms with Gasteiger partial charge >= 0.3 is 0 Å². The van der Waals surface area contributed by atoms with Crippen LogP contribution in [0.15, 0.2) is 49.6 Å². The summed E-state index contributed by atoms with van der Waals surface area (Å²) in [5.41, 5.74) is -0.711. The number of hydrogen-bond acceptors (Lipinski definition) is 5. The summed E-state index contributed by atoms with van der Waals surface area (Å²) in [6.45, 7) is 0.391. The molecular formula is C13H13FN6O. The lowest BCUT2D eigenvalue weighted by Crippen LogP contribution is -2.36. The predicted molar refractivity (Wildman–Crippen MR) is 70.3 cm³/mol. The second kappa shape index (κ2) is 5.41. The molecule has 0 spiro atoms. The Bertz CT molecular complexity index is 644. The average Bonchev–Trinajstić information content (AvgIpc) is 3.13.